The number of nitrogens with zero attached hydrogens (tertiary/aromatic N) is 1. The Labute approximate surface area is 137 Å². The number of pyridine rings is 1. The molecule has 1 aliphatic rings. The summed E-state index contributed by atoms with van der Waals surface area (Å²) in [6.07, 6.45) is 2.50. The van der Waals surface area contributed by atoms with E-state index in [1.54, 1.807) is 6.20 Å². The fraction of sp³-hybridized carbons (Fsp3) is 0.250. The lowest BCUT2D eigenvalue weighted by atomic mass is 10.1. The maximum Gasteiger partial charge on any atom is 0.173 e. The first kappa shape index (κ1) is 14.9. The summed E-state index contributed by atoms with van der Waals surface area (Å²) in [5.41, 5.74) is 1.80. The van der Waals surface area contributed by atoms with Gasteiger partial charge in [0.2, 0.25) is 0 Å². The highest BCUT2D eigenvalue weighted by molar-refractivity contribution is 7.99. The second kappa shape index (κ2) is 5.99. The second-order valence-electron chi connectivity index (χ2n) is 5.02. The van der Waals surface area contributed by atoms with Crippen LogP contribution >= 0.6 is 35.0 Å². The van der Waals surface area contributed by atoms with Crippen molar-refractivity contribution in [2.45, 2.75) is 21.7 Å². The fourth-order valence-electron chi connectivity index (χ4n) is 2.13. The molecule has 1 aliphatic carbocycles. The second-order valence-corrected chi connectivity index (χ2v) is 7.56. The Kier molecular flexibility index (Phi) is 4.25. The zero-order chi connectivity index (χ0) is 14.9. The Morgan fingerprint density at radius 3 is 2.52 bits per heavy atom. The number of rotatable bonds is 5. The molecule has 1 aromatic heterocycles. The largest absolute Gasteiger partial charge is 0.293 e. The van der Waals surface area contributed by atoms with Crippen molar-refractivity contribution in [3.05, 3.63) is 59.8 Å². The van der Waals surface area contributed by atoms with Crippen LogP contribution in [0.1, 0.15) is 28.3 Å². The van der Waals surface area contributed by atoms with Crippen LogP contribution in [-0.2, 0) is 0 Å². The highest BCUT2D eigenvalue weighted by Gasteiger charge is 2.52. The van der Waals surface area contributed by atoms with Gasteiger partial charge in [0.25, 0.3) is 0 Å². The monoisotopic (exact) mass is 337 g/mol. The summed E-state index contributed by atoms with van der Waals surface area (Å²) in [5, 5.41) is 0.856. The number of hydrogen-bond donors (Lipinski definition) is 0. The molecule has 108 valence electrons. The molecule has 0 amide bonds. The number of carbonyl (C=O) groups excluding carboxylic acids is 1. The Balaban J connectivity index is 1.60. The molecule has 2 nitrogen and oxygen atoms in total. The molecule has 0 radical (unpaired) electrons. The quantitative estimate of drug-likeness (QED) is 0.449. The summed E-state index contributed by atoms with van der Waals surface area (Å²) < 4.78 is -0.625. The predicted molar refractivity (Wildman–Crippen MR) is 87.5 cm³/mol. The number of benzene rings is 1. The van der Waals surface area contributed by atoms with Gasteiger partial charge in [0.1, 0.15) is 4.33 Å². The molecule has 1 unspecified atom stereocenters. The van der Waals surface area contributed by atoms with Crippen molar-refractivity contribution in [1.29, 1.82) is 0 Å². The van der Waals surface area contributed by atoms with Gasteiger partial charge in [-0.2, -0.15) is 0 Å². The molecule has 1 aromatic carbocycles. The van der Waals surface area contributed by atoms with Crippen LogP contribution in [0.25, 0.3) is 0 Å². The van der Waals surface area contributed by atoms with Gasteiger partial charge in [0, 0.05) is 17.7 Å². The van der Waals surface area contributed by atoms with Crippen LogP contribution in [0.4, 0.5) is 0 Å². The van der Waals surface area contributed by atoms with Crippen molar-refractivity contribution in [2.75, 3.05) is 5.75 Å². The van der Waals surface area contributed by atoms with E-state index in [-0.39, 0.29) is 11.7 Å². The van der Waals surface area contributed by atoms with Gasteiger partial charge < -0.3 is 0 Å². The van der Waals surface area contributed by atoms with E-state index in [1.807, 2.05) is 42.5 Å². The first-order valence-electron chi connectivity index (χ1n) is 6.61. The normalized spacial score (nSPS) is 19.2. The zero-order valence-electron chi connectivity index (χ0n) is 11.1. The van der Waals surface area contributed by atoms with Crippen LogP contribution in [-0.4, -0.2) is 20.9 Å². The third-order valence-corrected chi connectivity index (χ3v) is 5.23. The molecule has 0 bridgehead atoms. The smallest absolute Gasteiger partial charge is 0.173 e. The minimum atomic E-state index is -0.625. The van der Waals surface area contributed by atoms with Gasteiger partial charge in [0.15, 0.2) is 5.78 Å². The van der Waals surface area contributed by atoms with Gasteiger partial charge in [-0.05, 0) is 24.1 Å². The average Bonchev–Trinajstić information content (AvgIpc) is 3.15. The van der Waals surface area contributed by atoms with Crippen molar-refractivity contribution >= 4 is 40.7 Å². The van der Waals surface area contributed by atoms with E-state index in [2.05, 4.69) is 4.98 Å². The van der Waals surface area contributed by atoms with Crippen LogP contribution in [0.3, 0.4) is 0 Å². The first-order chi connectivity index (χ1) is 10.1. The van der Waals surface area contributed by atoms with Gasteiger partial charge >= 0.3 is 0 Å². The van der Waals surface area contributed by atoms with E-state index in [4.69, 9.17) is 23.2 Å². The number of Topliss-reactive ketones (excluding diaryl/α,β-unsaturated/α-hetero) is 1. The Morgan fingerprint density at radius 1 is 1.24 bits per heavy atom. The van der Waals surface area contributed by atoms with Crippen molar-refractivity contribution in [1.82, 2.24) is 4.98 Å². The first-order valence-corrected chi connectivity index (χ1v) is 8.35. The molecule has 5 heteroatoms. The highest BCUT2D eigenvalue weighted by atomic mass is 35.5. The molecule has 21 heavy (non-hydrogen) atoms. The number of halogens is 2. The van der Waals surface area contributed by atoms with Crippen LogP contribution in [0.2, 0.25) is 0 Å². The summed E-state index contributed by atoms with van der Waals surface area (Å²) in [7, 11) is 0. The van der Waals surface area contributed by atoms with E-state index < -0.39 is 4.33 Å². The molecule has 1 atom stereocenters. The van der Waals surface area contributed by atoms with Crippen LogP contribution in [0.15, 0.2) is 53.7 Å². The lowest BCUT2D eigenvalue weighted by molar-refractivity contribution is 0.102. The van der Waals surface area contributed by atoms with Crippen LogP contribution in [0.5, 0.6) is 0 Å². The van der Waals surface area contributed by atoms with E-state index in [9.17, 15) is 4.79 Å². The topological polar surface area (TPSA) is 30.0 Å². The Morgan fingerprint density at radius 2 is 1.95 bits per heavy atom. The average molecular weight is 338 g/mol. The maximum absolute atomic E-state index is 12.1. The molecule has 1 heterocycles. The zero-order valence-corrected chi connectivity index (χ0v) is 13.5. The Bertz CT molecular complexity index is 643. The highest BCUT2D eigenvalue weighted by Crippen LogP contribution is 2.59. The summed E-state index contributed by atoms with van der Waals surface area (Å²) in [4.78, 5) is 16.3. The fourth-order valence-corrected chi connectivity index (χ4v) is 3.45. The molecule has 0 saturated heterocycles. The van der Waals surface area contributed by atoms with Gasteiger partial charge in [-0.25, -0.2) is 4.98 Å². The lowest BCUT2D eigenvalue weighted by Gasteiger charge is -2.04. The number of alkyl halides is 2. The number of aromatic nitrogens is 1. The molecule has 0 aliphatic heterocycles. The summed E-state index contributed by atoms with van der Waals surface area (Å²) in [6, 6.07) is 13.2. The van der Waals surface area contributed by atoms with Gasteiger partial charge in [0.05, 0.1) is 10.8 Å². The number of carbonyl (C=O) groups is 1. The van der Waals surface area contributed by atoms with Crippen molar-refractivity contribution in [3.63, 3.8) is 0 Å². The minimum absolute atomic E-state index is 0.0935. The maximum atomic E-state index is 12.1. The summed E-state index contributed by atoms with van der Waals surface area (Å²) in [5.74, 6) is 0.665. The van der Waals surface area contributed by atoms with Crippen molar-refractivity contribution in [3.8, 4) is 0 Å². The third-order valence-electron chi connectivity index (χ3n) is 3.45. The number of thioether (sulfide) groups is 1. The van der Waals surface area contributed by atoms with E-state index >= 15 is 0 Å². The van der Waals surface area contributed by atoms with Crippen molar-refractivity contribution < 1.29 is 4.79 Å². The van der Waals surface area contributed by atoms with E-state index in [0.717, 1.165) is 17.0 Å². The van der Waals surface area contributed by atoms with Crippen molar-refractivity contribution in [2.24, 2.45) is 0 Å². The van der Waals surface area contributed by atoms with E-state index in [0.29, 0.717) is 11.3 Å². The SMILES string of the molecule is O=C(CSc1ccccn1)c1ccc(C2CC2(Cl)Cl)cc1. The molecule has 3 rings (SSSR count). The molecule has 0 spiro atoms. The standard InChI is InChI=1S/C16H13Cl2NOS/c17-16(18)9-13(16)11-4-6-12(7-5-11)14(20)10-21-15-3-1-2-8-19-15/h1-8,13H,9-10H2. The molecular formula is C16H13Cl2NOS. The van der Waals surface area contributed by atoms with Gasteiger partial charge in [-0.1, -0.05) is 42.1 Å². The molecule has 1 fully saturated rings. The molecule has 0 N–H and O–H groups in total. The Hall–Kier alpha value is -1.03. The minimum Gasteiger partial charge on any atom is -0.293 e. The van der Waals surface area contributed by atoms with Crippen LogP contribution in [0, 0.1) is 0 Å². The van der Waals surface area contributed by atoms with E-state index in [1.165, 1.54) is 11.8 Å². The van der Waals surface area contributed by atoms with Gasteiger partial charge in [-0.3, -0.25) is 4.79 Å². The predicted octanol–water partition coefficient (Wildman–Crippen LogP) is 4.72. The third kappa shape index (κ3) is 3.60. The summed E-state index contributed by atoms with van der Waals surface area (Å²) in [6.45, 7) is 0. The molecule has 2 aromatic rings. The number of hydrogen-bond acceptors (Lipinski definition) is 3. The number of ketones is 1. The molecule has 1 saturated carbocycles. The van der Waals surface area contributed by atoms with Gasteiger partial charge in [-0.15, -0.1) is 23.2 Å². The molecular weight excluding hydrogens is 325 g/mol. The summed E-state index contributed by atoms with van der Waals surface area (Å²) >= 11 is 13.5. The lowest BCUT2D eigenvalue weighted by Crippen LogP contribution is -2.03. The van der Waals surface area contributed by atoms with Crippen LogP contribution < -0.4 is 0 Å².